The number of aromatic nitrogens is 1. The molecule has 3 heterocycles. The number of nitrogens with one attached hydrogen (secondary N) is 2. The Hall–Kier alpha value is -3.17. The fourth-order valence-corrected chi connectivity index (χ4v) is 10.8. The van der Waals surface area contributed by atoms with Crippen LogP contribution in [-0.4, -0.2) is 39.4 Å². The van der Waals surface area contributed by atoms with Crippen molar-refractivity contribution >= 4 is 46.5 Å². The number of H-pyrrole nitrogens is 1. The first-order chi connectivity index (χ1) is 19.5. The number of rotatable bonds is 4. The molecule has 2 saturated carbocycles. The number of aromatic amines is 1. The molecule has 2 aliphatic carbocycles. The molecular weight excluding hydrogens is 555 g/mol. The van der Waals surface area contributed by atoms with Gasteiger partial charge in [-0.1, -0.05) is 68.5 Å². The molecule has 2 aromatic carbocycles. The van der Waals surface area contributed by atoms with Gasteiger partial charge in [-0.3, -0.25) is 24.1 Å². The molecule has 212 valence electrons. The highest BCUT2D eigenvalue weighted by Gasteiger charge is 2.69. The number of imide groups is 1. The summed E-state index contributed by atoms with van der Waals surface area (Å²) in [5.74, 6) is -1.41. The molecule has 2 bridgehead atoms. The Labute approximate surface area is 247 Å². The maximum absolute atomic E-state index is 13.8. The van der Waals surface area contributed by atoms with Crippen LogP contribution in [-0.2, 0) is 19.8 Å². The van der Waals surface area contributed by atoms with E-state index in [9.17, 15) is 19.2 Å². The topological polar surface area (TPSA) is 99.3 Å². The van der Waals surface area contributed by atoms with Crippen molar-refractivity contribution in [1.29, 1.82) is 0 Å². The maximum atomic E-state index is 13.8. The zero-order valence-corrected chi connectivity index (χ0v) is 25.1. The normalized spacial score (nSPS) is 29.9. The van der Waals surface area contributed by atoms with Crippen LogP contribution in [0.2, 0.25) is 0 Å². The number of nitrogens with zero attached hydrogens (tertiary/aromatic N) is 1. The van der Waals surface area contributed by atoms with Crippen LogP contribution in [0.3, 0.4) is 0 Å². The lowest BCUT2D eigenvalue weighted by molar-refractivity contribution is -0.143. The lowest BCUT2D eigenvalue weighted by Crippen LogP contribution is -2.42. The van der Waals surface area contributed by atoms with Gasteiger partial charge >= 0.3 is 4.87 Å². The lowest BCUT2D eigenvalue weighted by Gasteiger charge is -2.43. The first kappa shape index (κ1) is 26.7. The Morgan fingerprint density at radius 3 is 2.41 bits per heavy atom. The standard InChI is InChI=1S/C32H33N3O4S2/c1-15-6-5-7-18(12-15)33-21(36)14-35-29(37)24-19-13-20(25(24)30(35)38)26-23(19)22(27-28(40-26)34-31(39)41-27)16-8-10-17(11-9-16)32(2,3)4/h5-12,19-20,22-26H,13-14H2,1-4H3,(H,33,36)(H,34,39)/t19?,20?,22-,23?,24?,25?,26?/m1/s1. The van der Waals surface area contributed by atoms with Crippen molar-refractivity contribution in [1.82, 2.24) is 9.88 Å². The molecular formula is C32H33N3O4S2. The number of thiazole rings is 1. The van der Waals surface area contributed by atoms with E-state index in [4.69, 9.17) is 0 Å². The van der Waals surface area contributed by atoms with Gasteiger partial charge in [0.1, 0.15) is 6.54 Å². The van der Waals surface area contributed by atoms with Crippen LogP contribution in [0.1, 0.15) is 54.7 Å². The minimum Gasteiger partial charge on any atom is -0.325 e. The van der Waals surface area contributed by atoms with Crippen LogP contribution in [0.5, 0.6) is 0 Å². The van der Waals surface area contributed by atoms with Gasteiger partial charge in [0.25, 0.3) is 0 Å². The number of likely N-dealkylation sites (tertiary alicyclic amines) is 1. The highest BCUT2D eigenvalue weighted by atomic mass is 32.2. The van der Waals surface area contributed by atoms with E-state index < -0.39 is 11.8 Å². The zero-order chi connectivity index (χ0) is 28.8. The summed E-state index contributed by atoms with van der Waals surface area (Å²) in [5.41, 5.74) is 4.09. The van der Waals surface area contributed by atoms with E-state index in [-0.39, 0.29) is 63.5 Å². The van der Waals surface area contributed by atoms with Gasteiger partial charge in [0.15, 0.2) is 0 Å². The third-order valence-corrected chi connectivity index (χ3v) is 12.1. The summed E-state index contributed by atoms with van der Waals surface area (Å²) in [4.78, 5) is 58.2. The highest BCUT2D eigenvalue weighted by Crippen LogP contribution is 2.68. The average molecular weight is 588 g/mol. The molecule has 3 aromatic rings. The molecule has 3 amide bonds. The quantitative estimate of drug-likeness (QED) is 0.411. The summed E-state index contributed by atoms with van der Waals surface area (Å²) in [6.45, 7) is 8.25. The van der Waals surface area contributed by atoms with Gasteiger partial charge in [-0.25, -0.2) is 0 Å². The van der Waals surface area contributed by atoms with Gasteiger partial charge in [0, 0.05) is 21.7 Å². The van der Waals surface area contributed by atoms with Crippen molar-refractivity contribution in [3.8, 4) is 0 Å². The second-order valence-electron chi connectivity index (χ2n) is 13.0. The molecule has 6 unspecified atom stereocenters. The molecule has 3 fully saturated rings. The number of aryl methyl sites for hydroxylation is 1. The average Bonchev–Trinajstić information content (AvgIpc) is 3.64. The summed E-state index contributed by atoms with van der Waals surface area (Å²) in [6, 6.07) is 16.2. The maximum Gasteiger partial charge on any atom is 0.305 e. The van der Waals surface area contributed by atoms with E-state index >= 15 is 0 Å². The van der Waals surface area contributed by atoms with E-state index in [2.05, 4.69) is 55.3 Å². The van der Waals surface area contributed by atoms with Crippen molar-refractivity contribution < 1.29 is 14.4 Å². The van der Waals surface area contributed by atoms with Gasteiger partial charge in [0.05, 0.1) is 16.9 Å². The largest absolute Gasteiger partial charge is 0.325 e. The summed E-state index contributed by atoms with van der Waals surface area (Å²) < 4.78 is 0. The van der Waals surface area contributed by atoms with Gasteiger partial charge < -0.3 is 10.3 Å². The molecule has 2 aliphatic heterocycles. The minimum absolute atomic E-state index is 0.00765. The molecule has 0 radical (unpaired) electrons. The highest BCUT2D eigenvalue weighted by molar-refractivity contribution is 8.00. The molecule has 41 heavy (non-hydrogen) atoms. The van der Waals surface area contributed by atoms with E-state index in [1.165, 1.54) is 21.8 Å². The predicted octanol–water partition coefficient (Wildman–Crippen LogP) is 5.15. The molecule has 9 heteroatoms. The third-order valence-electron chi connectivity index (χ3n) is 9.55. The van der Waals surface area contributed by atoms with Gasteiger partial charge in [-0.15, -0.1) is 11.8 Å². The van der Waals surface area contributed by atoms with Gasteiger partial charge in [-0.05, 0) is 65.3 Å². The van der Waals surface area contributed by atoms with E-state index in [1.54, 1.807) is 17.8 Å². The number of hydrogen-bond acceptors (Lipinski definition) is 6. The lowest BCUT2D eigenvalue weighted by atomic mass is 9.68. The van der Waals surface area contributed by atoms with E-state index in [1.807, 2.05) is 25.1 Å². The third kappa shape index (κ3) is 4.23. The number of carbonyl (C=O) groups excluding carboxylic acids is 3. The second-order valence-corrected chi connectivity index (χ2v) is 15.2. The smallest absolute Gasteiger partial charge is 0.305 e. The Morgan fingerprint density at radius 2 is 1.73 bits per heavy atom. The Morgan fingerprint density at radius 1 is 1.02 bits per heavy atom. The Balaban J connectivity index is 1.19. The van der Waals surface area contributed by atoms with Crippen LogP contribution >= 0.6 is 23.1 Å². The molecule has 1 saturated heterocycles. The van der Waals surface area contributed by atoms with Crippen molar-refractivity contribution in [2.75, 3.05) is 11.9 Å². The zero-order valence-electron chi connectivity index (χ0n) is 23.5. The molecule has 7 nitrogen and oxygen atoms in total. The van der Waals surface area contributed by atoms with Crippen LogP contribution in [0.15, 0.2) is 58.4 Å². The molecule has 7 atom stereocenters. The fourth-order valence-electron chi connectivity index (χ4n) is 7.87. The SMILES string of the molecule is Cc1cccc(NC(=O)CN2C(=O)C3C4CC(C3C2=O)C2C4Sc3[nH]c(=O)sc3[C@@H]2c2ccc(C(C)(C)C)cc2)c1. The number of hydrogen-bond donors (Lipinski definition) is 2. The van der Waals surface area contributed by atoms with Gasteiger partial charge in [-0.2, -0.15) is 0 Å². The number of fused-ring (bicyclic) bond motifs is 9. The van der Waals surface area contributed by atoms with Crippen molar-refractivity contribution in [2.45, 2.75) is 55.7 Å². The van der Waals surface area contributed by atoms with Crippen molar-refractivity contribution in [2.24, 2.45) is 29.6 Å². The van der Waals surface area contributed by atoms with Crippen LogP contribution in [0.4, 0.5) is 5.69 Å². The summed E-state index contributed by atoms with van der Waals surface area (Å²) >= 11 is 2.95. The van der Waals surface area contributed by atoms with Crippen LogP contribution in [0, 0.1) is 36.5 Å². The van der Waals surface area contributed by atoms with Gasteiger partial charge in [0.2, 0.25) is 17.7 Å². The number of benzene rings is 2. The fraction of sp³-hybridized carbons (Fsp3) is 0.438. The number of thioether (sulfide) groups is 1. The Kier molecular flexibility index (Phi) is 6.14. The molecule has 2 N–H and O–H groups in total. The second kappa shape index (κ2) is 9.42. The minimum atomic E-state index is -0.408. The van der Waals surface area contributed by atoms with Crippen LogP contribution < -0.4 is 10.2 Å². The summed E-state index contributed by atoms with van der Waals surface area (Å²) in [5, 5.41) is 3.87. The number of carbonyl (C=O) groups is 3. The number of anilines is 1. The van der Waals surface area contributed by atoms with E-state index in [0.29, 0.717) is 5.69 Å². The molecule has 0 spiro atoms. The molecule has 4 aliphatic rings. The molecule has 1 aromatic heterocycles. The molecule has 7 rings (SSSR count). The first-order valence-corrected chi connectivity index (χ1v) is 15.9. The van der Waals surface area contributed by atoms with Crippen LogP contribution in [0.25, 0.3) is 0 Å². The number of amides is 3. The van der Waals surface area contributed by atoms with E-state index in [0.717, 1.165) is 27.5 Å². The van der Waals surface area contributed by atoms with Crippen molar-refractivity contribution in [3.05, 3.63) is 79.8 Å². The monoisotopic (exact) mass is 587 g/mol. The first-order valence-electron chi connectivity index (χ1n) is 14.2. The predicted molar refractivity (Wildman–Crippen MR) is 160 cm³/mol. The summed E-state index contributed by atoms with van der Waals surface area (Å²) in [7, 11) is 0. The van der Waals surface area contributed by atoms with Crippen molar-refractivity contribution in [3.63, 3.8) is 0 Å². The Bertz CT molecular complexity index is 1640. The summed E-state index contributed by atoms with van der Waals surface area (Å²) in [6.07, 6.45) is 0.828.